The van der Waals surface area contributed by atoms with Crippen LogP contribution in [0, 0.1) is 0 Å². The monoisotopic (exact) mass is 691 g/mol. The number of methoxy groups -OCH3 is 2. The molecule has 0 aromatic heterocycles. The summed E-state index contributed by atoms with van der Waals surface area (Å²) in [5, 5.41) is 0. The van der Waals surface area contributed by atoms with E-state index in [-0.39, 0.29) is 24.0 Å². The summed E-state index contributed by atoms with van der Waals surface area (Å²) in [7, 11) is 3.50. The summed E-state index contributed by atoms with van der Waals surface area (Å²) < 4.78 is 20.3. The summed E-state index contributed by atoms with van der Waals surface area (Å²) >= 11 is 0. The lowest BCUT2D eigenvalue weighted by molar-refractivity contribution is -0.545. The SMILES string of the molecule is CCCCCCCCCCCC1=[N+](Cc2ccc(OC)cc2)CCc2c1ccc(OC)c2OCCCCCCCC.[I-]. The van der Waals surface area contributed by atoms with Crippen LogP contribution in [0.4, 0.5) is 0 Å². The Balaban J connectivity index is 0.00000616. The van der Waals surface area contributed by atoms with Crippen molar-refractivity contribution in [3.8, 4) is 17.2 Å². The average Bonchev–Trinajstić information content (AvgIpc) is 3.00. The molecule has 0 N–H and O–H groups in total. The number of hydrogen-bond donors (Lipinski definition) is 0. The van der Waals surface area contributed by atoms with Crippen LogP contribution in [0.5, 0.6) is 17.2 Å². The number of nitrogens with zero attached hydrogens (tertiary/aromatic N) is 1. The lowest BCUT2D eigenvalue weighted by atomic mass is 9.91. The fourth-order valence-electron chi connectivity index (χ4n) is 6.07. The van der Waals surface area contributed by atoms with Gasteiger partial charge in [0, 0.05) is 29.5 Å². The van der Waals surface area contributed by atoms with Crippen molar-refractivity contribution < 1.29 is 42.8 Å². The maximum absolute atomic E-state index is 6.49. The Labute approximate surface area is 274 Å². The highest BCUT2D eigenvalue weighted by Crippen LogP contribution is 2.37. The number of rotatable bonds is 22. The molecule has 2 aromatic rings. The second kappa shape index (κ2) is 21.9. The van der Waals surface area contributed by atoms with E-state index < -0.39 is 0 Å². The van der Waals surface area contributed by atoms with Gasteiger partial charge in [0.1, 0.15) is 12.3 Å². The third kappa shape index (κ3) is 12.1. The maximum atomic E-state index is 6.49. The molecule has 0 saturated carbocycles. The van der Waals surface area contributed by atoms with Crippen LogP contribution in [0.25, 0.3) is 0 Å². The summed E-state index contributed by atoms with van der Waals surface area (Å²) in [6, 6.07) is 13.0. The van der Waals surface area contributed by atoms with Crippen LogP contribution in [-0.2, 0) is 13.0 Å². The number of unbranched alkanes of at least 4 members (excludes halogenated alkanes) is 13. The normalized spacial score (nSPS) is 12.6. The predicted molar refractivity (Wildman–Crippen MR) is 173 cm³/mol. The van der Waals surface area contributed by atoms with Crippen molar-refractivity contribution >= 4 is 5.71 Å². The molecule has 0 unspecified atom stereocenters. The van der Waals surface area contributed by atoms with Crippen molar-refractivity contribution in [2.24, 2.45) is 0 Å². The zero-order valence-corrected chi connectivity index (χ0v) is 29.3. The largest absolute Gasteiger partial charge is 1.00 e. The summed E-state index contributed by atoms with van der Waals surface area (Å²) in [5.41, 5.74) is 5.50. The number of hydrogen-bond acceptors (Lipinski definition) is 3. The lowest BCUT2D eigenvalue weighted by Gasteiger charge is -2.23. The number of fused-ring (bicyclic) bond motifs is 1. The van der Waals surface area contributed by atoms with E-state index in [0.717, 1.165) is 56.2 Å². The van der Waals surface area contributed by atoms with Crippen LogP contribution in [0.2, 0.25) is 0 Å². The Kier molecular flexibility index (Phi) is 19.0. The first-order chi connectivity index (χ1) is 20.2. The summed E-state index contributed by atoms with van der Waals surface area (Å²) in [6.07, 6.45) is 21.9. The van der Waals surface area contributed by atoms with E-state index in [1.807, 2.05) is 0 Å². The van der Waals surface area contributed by atoms with Gasteiger partial charge in [-0.2, -0.15) is 0 Å². The van der Waals surface area contributed by atoms with E-state index in [1.165, 1.54) is 112 Å². The molecule has 4 nitrogen and oxygen atoms in total. The number of halogens is 1. The van der Waals surface area contributed by atoms with E-state index in [2.05, 4.69) is 54.8 Å². The molecule has 5 heteroatoms. The van der Waals surface area contributed by atoms with Gasteiger partial charge in [-0.1, -0.05) is 97.3 Å². The summed E-state index contributed by atoms with van der Waals surface area (Å²) in [4.78, 5) is 0. The van der Waals surface area contributed by atoms with Gasteiger partial charge in [-0.15, -0.1) is 0 Å². The zero-order chi connectivity index (χ0) is 29.1. The van der Waals surface area contributed by atoms with Crippen LogP contribution < -0.4 is 38.2 Å². The van der Waals surface area contributed by atoms with Gasteiger partial charge < -0.3 is 38.2 Å². The third-order valence-corrected chi connectivity index (χ3v) is 8.56. The molecule has 3 rings (SSSR count). The van der Waals surface area contributed by atoms with Crippen molar-refractivity contribution in [1.29, 1.82) is 0 Å². The zero-order valence-electron chi connectivity index (χ0n) is 27.2. The van der Waals surface area contributed by atoms with E-state index in [1.54, 1.807) is 14.2 Å². The molecule has 0 radical (unpaired) electrons. The predicted octanol–water partition coefficient (Wildman–Crippen LogP) is 6.93. The molecule has 0 atom stereocenters. The van der Waals surface area contributed by atoms with Crippen molar-refractivity contribution in [2.75, 3.05) is 27.4 Å². The number of benzene rings is 2. The first-order valence-electron chi connectivity index (χ1n) is 16.8. The molecule has 236 valence electrons. The van der Waals surface area contributed by atoms with E-state index in [0.29, 0.717) is 0 Å². The van der Waals surface area contributed by atoms with E-state index in [9.17, 15) is 0 Å². The molecule has 0 amide bonds. The van der Waals surface area contributed by atoms with Crippen LogP contribution in [0.1, 0.15) is 133 Å². The highest BCUT2D eigenvalue weighted by atomic mass is 127. The molecule has 1 aliphatic rings. The van der Waals surface area contributed by atoms with Crippen molar-refractivity contribution in [1.82, 2.24) is 0 Å². The Morgan fingerprint density at radius 2 is 1.26 bits per heavy atom. The topological polar surface area (TPSA) is 30.7 Å². The van der Waals surface area contributed by atoms with Crippen molar-refractivity contribution in [3.63, 3.8) is 0 Å². The van der Waals surface area contributed by atoms with Crippen LogP contribution in [0.3, 0.4) is 0 Å². The average molecular weight is 692 g/mol. The molecular weight excluding hydrogens is 633 g/mol. The van der Waals surface area contributed by atoms with E-state index in [4.69, 9.17) is 14.2 Å². The minimum atomic E-state index is 0. The maximum Gasteiger partial charge on any atom is 0.184 e. The minimum Gasteiger partial charge on any atom is -1.00 e. The highest BCUT2D eigenvalue weighted by molar-refractivity contribution is 5.99. The smallest absolute Gasteiger partial charge is 0.184 e. The Bertz CT molecular complexity index is 1030. The molecule has 0 aliphatic carbocycles. The first kappa shape index (κ1) is 36.4. The molecule has 0 fully saturated rings. The van der Waals surface area contributed by atoms with Gasteiger partial charge in [0.15, 0.2) is 23.8 Å². The number of ether oxygens (including phenoxy) is 3. The van der Waals surface area contributed by atoms with Gasteiger partial charge in [0.05, 0.1) is 20.8 Å². The van der Waals surface area contributed by atoms with Gasteiger partial charge in [-0.05, 0) is 49.2 Å². The van der Waals surface area contributed by atoms with Crippen molar-refractivity contribution in [3.05, 3.63) is 53.1 Å². The van der Waals surface area contributed by atoms with Crippen LogP contribution >= 0.6 is 0 Å². The molecule has 1 heterocycles. The standard InChI is InChI=1S/C37H58NO3.HI/c1-5-7-9-11-13-14-15-16-18-20-35-33-25-26-36(40-4)37(41-29-19-17-12-10-8-6-2)34(33)27-28-38(35)30-31-21-23-32(39-3)24-22-31;/h21-26H,5-20,27-30H2,1-4H3;1H/q+1;/p-1. The molecule has 42 heavy (non-hydrogen) atoms. The Morgan fingerprint density at radius 3 is 1.86 bits per heavy atom. The third-order valence-electron chi connectivity index (χ3n) is 8.56. The van der Waals surface area contributed by atoms with Crippen molar-refractivity contribution in [2.45, 2.75) is 130 Å². The molecule has 0 spiro atoms. The molecule has 0 bridgehead atoms. The molecule has 0 saturated heterocycles. The minimum absolute atomic E-state index is 0. The van der Waals surface area contributed by atoms with Gasteiger partial charge in [0.25, 0.3) is 0 Å². The highest BCUT2D eigenvalue weighted by Gasteiger charge is 2.29. The van der Waals surface area contributed by atoms with Crippen LogP contribution in [0.15, 0.2) is 36.4 Å². The summed E-state index contributed by atoms with van der Waals surface area (Å²) in [6.45, 7) is 7.26. The molecule has 2 aromatic carbocycles. The van der Waals surface area contributed by atoms with E-state index >= 15 is 0 Å². The molecular formula is C37H58INO3. The molecule has 1 aliphatic heterocycles. The van der Waals surface area contributed by atoms with Gasteiger partial charge in [-0.3, -0.25) is 0 Å². The second-order valence-electron chi connectivity index (χ2n) is 11.8. The fourth-order valence-corrected chi connectivity index (χ4v) is 6.07. The van der Waals surface area contributed by atoms with Gasteiger partial charge >= 0.3 is 0 Å². The van der Waals surface area contributed by atoms with Crippen LogP contribution in [-0.4, -0.2) is 37.7 Å². The fraction of sp³-hybridized carbons (Fsp3) is 0.649. The second-order valence-corrected chi connectivity index (χ2v) is 11.8. The first-order valence-corrected chi connectivity index (χ1v) is 16.8. The Hall–Kier alpha value is -1.76. The lowest BCUT2D eigenvalue weighted by Crippen LogP contribution is -3.00. The van der Waals surface area contributed by atoms with Gasteiger partial charge in [-0.25, -0.2) is 4.58 Å². The quantitative estimate of drug-likeness (QED) is 0.0763. The summed E-state index contributed by atoms with van der Waals surface area (Å²) in [5.74, 6) is 2.77. The Morgan fingerprint density at radius 1 is 0.667 bits per heavy atom. The van der Waals surface area contributed by atoms with Gasteiger partial charge in [0.2, 0.25) is 0 Å².